The van der Waals surface area contributed by atoms with Crippen LogP contribution in [0.2, 0.25) is 0 Å². The summed E-state index contributed by atoms with van der Waals surface area (Å²) in [5.41, 5.74) is 2.16. The number of nitrogens with zero attached hydrogens (tertiary/aromatic N) is 2. The maximum atomic E-state index is 13.7. The number of benzene rings is 2. The monoisotopic (exact) mass is 678 g/mol. The third-order valence-electron chi connectivity index (χ3n) is 8.74. The van der Waals surface area contributed by atoms with Gasteiger partial charge in [0.15, 0.2) is 0 Å². The summed E-state index contributed by atoms with van der Waals surface area (Å²) in [6.45, 7) is 0.761. The van der Waals surface area contributed by atoms with Crippen LogP contribution in [-0.4, -0.2) is 72.0 Å². The van der Waals surface area contributed by atoms with Gasteiger partial charge in [-0.05, 0) is 66.6 Å². The number of alkyl halides is 6. The van der Waals surface area contributed by atoms with Crippen molar-refractivity contribution < 1.29 is 35.9 Å². The zero-order valence-electron chi connectivity index (χ0n) is 25.6. The molecule has 0 radical (unpaired) electrons. The summed E-state index contributed by atoms with van der Waals surface area (Å²) in [6.07, 6.45) is -5.27. The van der Waals surface area contributed by atoms with Crippen molar-refractivity contribution in [2.75, 3.05) is 31.9 Å². The highest BCUT2D eigenvalue weighted by atomic mass is 32.2. The van der Waals surface area contributed by atoms with Gasteiger partial charge in [0.2, 0.25) is 5.91 Å². The first-order valence-corrected chi connectivity index (χ1v) is 16.6. The van der Waals surface area contributed by atoms with Crippen molar-refractivity contribution in [2.45, 2.75) is 67.4 Å². The van der Waals surface area contributed by atoms with Gasteiger partial charge in [-0.2, -0.15) is 26.3 Å². The van der Waals surface area contributed by atoms with Gasteiger partial charge in [-0.15, -0.1) is 11.8 Å². The largest absolute Gasteiger partial charge is 0.405 e. The van der Waals surface area contributed by atoms with Crippen molar-refractivity contribution >= 4 is 23.6 Å². The van der Waals surface area contributed by atoms with Crippen LogP contribution in [0, 0.1) is 0 Å². The minimum absolute atomic E-state index is 0.0981. The van der Waals surface area contributed by atoms with E-state index in [1.54, 1.807) is 24.3 Å². The minimum atomic E-state index is -4.53. The summed E-state index contributed by atoms with van der Waals surface area (Å²) in [5, 5.41) is 5.44. The van der Waals surface area contributed by atoms with E-state index in [4.69, 9.17) is 0 Å². The van der Waals surface area contributed by atoms with Crippen LogP contribution in [0.25, 0.3) is 11.1 Å². The molecule has 2 aliphatic rings. The number of pyridine rings is 1. The number of thioether (sulfide) groups is 1. The minimum Gasteiger partial charge on any atom is -0.349 e. The van der Waals surface area contributed by atoms with E-state index in [2.05, 4.69) is 20.5 Å². The van der Waals surface area contributed by atoms with Gasteiger partial charge >= 0.3 is 12.4 Å². The first-order chi connectivity index (χ1) is 22.4. The van der Waals surface area contributed by atoms with Crippen molar-refractivity contribution in [2.24, 2.45) is 0 Å². The fourth-order valence-corrected chi connectivity index (χ4v) is 7.49. The van der Waals surface area contributed by atoms with Crippen LogP contribution in [-0.2, 0) is 10.2 Å². The first kappa shape index (κ1) is 34.7. The fraction of sp³-hybridized carbons (Fsp3) is 0.441. The van der Waals surface area contributed by atoms with Gasteiger partial charge in [0, 0.05) is 31.1 Å². The van der Waals surface area contributed by atoms with E-state index >= 15 is 0 Å². The predicted octanol–water partition coefficient (Wildman–Crippen LogP) is 7.14. The molecule has 0 saturated carbocycles. The molecule has 13 heteroatoms. The normalized spacial score (nSPS) is 16.4. The number of hydrogen-bond acceptors (Lipinski definition) is 5. The molecular formula is C34H36F6N4O2S. The Morgan fingerprint density at radius 3 is 2.13 bits per heavy atom. The molecule has 2 aromatic carbocycles. The Morgan fingerprint density at radius 2 is 1.51 bits per heavy atom. The molecule has 2 heterocycles. The van der Waals surface area contributed by atoms with Crippen LogP contribution in [0.15, 0.2) is 71.9 Å². The van der Waals surface area contributed by atoms with Crippen molar-refractivity contribution in [3.8, 4) is 11.1 Å². The van der Waals surface area contributed by atoms with Crippen LogP contribution in [0.4, 0.5) is 26.3 Å². The van der Waals surface area contributed by atoms with Crippen molar-refractivity contribution in [1.29, 1.82) is 0 Å². The summed E-state index contributed by atoms with van der Waals surface area (Å²) in [6, 6.07) is 17.8. The molecule has 252 valence electrons. The molecule has 0 atom stereocenters. The molecule has 0 unspecified atom stereocenters. The van der Waals surface area contributed by atoms with Gasteiger partial charge in [-0.25, -0.2) is 4.98 Å². The molecule has 0 spiro atoms. The highest BCUT2D eigenvalue weighted by Gasteiger charge is 2.49. The van der Waals surface area contributed by atoms with Gasteiger partial charge in [0.05, 0.1) is 12.0 Å². The lowest BCUT2D eigenvalue weighted by Crippen LogP contribution is -2.47. The van der Waals surface area contributed by atoms with Crippen LogP contribution in [0.3, 0.4) is 0 Å². The zero-order valence-corrected chi connectivity index (χ0v) is 26.4. The number of aromatic nitrogens is 1. The summed E-state index contributed by atoms with van der Waals surface area (Å²) in [4.78, 5) is 33.0. The second-order valence-corrected chi connectivity index (χ2v) is 13.0. The number of carbonyl (C=O) groups is 2. The van der Waals surface area contributed by atoms with E-state index in [9.17, 15) is 35.9 Å². The molecule has 0 bridgehead atoms. The Balaban J connectivity index is 1.16. The molecule has 5 rings (SSSR count). The van der Waals surface area contributed by atoms with Gasteiger partial charge in [0.25, 0.3) is 5.91 Å². The lowest BCUT2D eigenvalue weighted by Gasteiger charge is -2.33. The third kappa shape index (κ3) is 8.48. The average Bonchev–Trinajstić information content (AvgIpc) is 3.32. The SMILES string of the molecule is O=C(NC1CCN(CCCCC2(C(=O)NCC(F)(F)F)c3ccccc3-c3ccccc32)CC1)c1cccnc1SCCC(F)(F)F. The summed E-state index contributed by atoms with van der Waals surface area (Å²) < 4.78 is 77.1. The van der Waals surface area contributed by atoms with Gasteiger partial charge < -0.3 is 15.5 Å². The zero-order chi connectivity index (χ0) is 33.7. The van der Waals surface area contributed by atoms with Crippen LogP contribution in [0.5, 0.6) is 0 Å². The Morgan fingerprint density at radius 1 is 0.872 bits per heavy atom. The Labute approximate surface area is 273 Å². The van der Waals surface area contributed by atoms with Crippen LogP contribution < -0.4 is 10.6 Å². The number of carbonyl (C=O) groups excluding carboxylic acids is 2. The summed E-state index contributed by atoms with van der Waals surface area (Å²) in [5.74, 6) is -1.24. The fourth-order valence-electron chi connectivity index (χ4n) is 6.52. The van der Waals surface area contributed by atoms with E-state index in [0.717, 1.165) is 35.9 Å². The van der Waals surface area contributed by atoms with E-state index in [1.165, 1.54) is 6.20 Å². The lowest BCUT2D eigenvalue weighted by molar-refractivity contribution is -0.141. The number of amides is 2. The molecule has 1 saturated heterocycles. The second kappa shape index (κ2) is 14.7. The molecule has 1 aliphatic carbocycles. The van der Waals surface area contributed by atoms with E-state index in [-0.39, 0.29) is 28.3 Å². The summed E-state index contributed by atoms with van der Waals surface area (Å²) in [7, 11) is 0. The van der Waals surface area contributed by atoms with Crippen LogP contribution in [0.1, 0.15) is 60.0 Å². The number of hydrogen-bond donors (Lipinski definition) is 2. The number of piperidine rings is 1. The molecule has 3 aromatic rings. The summed E-state index contributed by atoms with van der Waals surface area (Å²) >= 11 is 0.907. The Kier molecular flexibility index (Phi) is 10.8. The van der Waals surface area contributed by atoms with Gasteiger partial charge in [-0.3, -0.25) is 9.59 Å². The Hall–Kier alpha value is -3.58. The topological polar surface area (TPSA) is 74.3 Å². The lowest BCUT2D eigenvalue weighted by atomic mass is 9.73. The average molecular weight is 679 g/mol. The van der Waals surface area contributed by atoms with Crippen molar-refractivity contribution in [1.82, 2.24) is 20.5 Å². The van der Waals surface area contributed by atoms with E-state index in [1.807, 2.05) is 36.4 Å². The highest BCUT2D eigenvalue weighted by Crippen LogP contribution is 2.51. The molecule has 1 fully saturated rings. The molecule has 6 nitrogen and oxygen atoms in total. The maximum absolute atomic E-state index is 13.7. The standard InChI is InChI=1S/C34H36F6N4O2S/c35-33(36,37)16-21-47-30-26(10-7-17-41-30)29(45)43-23-13-19-44(20-14-23)18-6-5-15-32(31(46)42-22-34(38,39)40)27-11-3-1-8-24(27)25-9-2-4-12-28(25)32/h1-4,7-12,17,23H,5-6,13-16,18-22H2,(H,42,46)(H,43,45). The maximum Gasteiger partial charge on any atom is 0.405 e. The number of nitrogens with one attached hydrogen (secondary N) is 2. The molecule has 2 N–H and O–H groups in total. The van der Waals surface area contributed by atoms with E-state index in [0.29, 0.717) is 49.9 Å². The number of halogens is 6. The number of unbranched alkanes of at least 4 members (excludes halogenated alkanes) is 1. The molecule has 47 heavy (non-hydrogen) atoms. The molecule has 2 amide bonds. The quantitative estimate of drug-likeness (QED) is 0.121. The van der Waals surface area contributed by atoms with Crippen molar-refractivity contribution in [3.05, 3.63) is 83.6 Å². The Bertz CT molecular complexity index is 1510. The van der Waals surface area contributed by atoms with Gasteiger partial charge in [0.1, 0.15) is 17.0 Å². The van der Waals surface area contributed by atoms with Crippen molar-refractivity contribution in [3.63, 3.8) is 0 Å². The second-order valence-electron chi connectivity index (χ2n) is 11.9. The molecule has 1 aliphatic heterocycles. The van der Waals surface area contributed by atoms with Gasteiger partial charge in [-0.1, -0.05) is 55.0 Å². The predicted molar refractivity (Wildman–Crippen MR) is 168 cm³/mol. The number of rotatable bonds is 12. The van der Waals surface area contributed by atoms with E-state index < -0.39 is 36.6 Å². The molecular weight excluding hydrogens is 642 g/mol. The third-order valence-corrected chi connectivity index (χ3v) is 9.75. The highest BCUT2D eigenvalue weighted by molar-refractivity contribution is 7.99. The molecule has 1 aromatic heterocycles. The smallest absolute Gasteiger partial charge is 0.349 e. The number of fused-ring (bicyclic) bond motifs is 3. The first-order valence-electron chi connectivity index (χ1n) is 15.6. The number of likely N-dealkylation sites (tertiary alicyclic amines) is 1. The van der Waals surface area contributed by atoms with Crippen LogP contribution >= 0.6 is 11.8 Å².